The minimum absolute atomic E-state index is 0.0370. The van der Waals surface area contributed by atoms with Crippen molar-refractivity contribution in [2.45, 2.75) is 124 Å². The van der Waals surface area contributed by atoms with Crippen LogP contribution < -0.4 is 0 Å². The molecule has 4 heteroatoms. The zero-order valence-electron chi connectivity index (χ0n) is 18.4. The molecule has 0 radical (unpaired) electrons. The predicted octanol–water partition coefficient (Wildman–Crippen LogP) is 6.60. The molecule has 0 amide bonds. The van der Waals surface area contributed by atoms with Gasteiger partial charge in [-0.1, -0.05) is 66.2 Å². The number of ether oxygens (including phenoxy) is 2. The normalized spacial score (nSPS) is 12.2. The summed E-state index contributed by atoms with van der Waals surface area (Å²) >= 11 is 0. The summed E-state index contributed by atoms with van der Waals surface area (Å²) in [6.45, 7) is 9.10. The molecular weight excluding hydrogens is 340 g/mol. The summed E-state index contributed by atoms with van der Waals surface area (Å²) in [6, 6.07) is 0. The molecule has 4 nitrogen and oxygen atoms in total. The van der Waals surface area contributed by atoms with Gasteiger partial charge in [0.1, 0.15) is 6.10 Å². The van der Waals surface area contributed by atoms with Crippen molar-refractivity contribution in [3.8, 4) is 0 Å². The first kappa shape index (κ1) is 25.9. The molecule has 0 aliphatic rings. The largest absolute Gasteiger partial charge is 0.466 e. The van der Waals surface area contributed by atoms with Crippen molar-refractivity contribution in [1.29, 1.82) is 0 Å². The maximum absolute atomic E-state index is 12.0. The van der Waals surface area contributed by atoms with Crippen LogP contribution in [0.2, 0.25) is 0 Å². The Kier molecular flexibility index (Phi) is 17.6. The highest BCUT2D eigenvalue weighted by Crippen LogP contribution is 2.19. The van der Waals surface area contributed by atoms with Gasteiger partial charge in [-0.2, -0.15) is 0 Å². The Hall–Kier alpha value is -1.06. The van der Waals surface area contributed by atoms with Crippen molar-refractivity contribution in [2.24, 2.45) is 5.92 Å². The average molecular weight is 385 g/mol. The van der Waals surface area contributed by atoms with E-state index in [9.17, 15) is 9.59 Å². The standard InChI is InChI=1S/C23H44O4/c1-5-19-26-22(24)15-13-11-9-10-12-14-16-23(25)27-21(8-4)18-17-20(6-2)7-3/h20-21H,5-19H2,1-4H3. The molecule has 0 aromatic rings. The van der Waals surface area contributed by atoms with Gasteiger partial charge in [-0.05, 0) is 44.4 Å². The summed E-state index contributed by atoms with van der Waals surface area (Å²) in [7, 11) is 0. The molecule has 0 saturated heterocycles. The van der Waals surface area contributed by atoms with Gasteiger partial charge in [0.15, 0.2) is 0 Å². The van der Waals surface area contributed by atoms with Crippen LogP contribution in [-0.2, 0) is 19.1 Å². The fourth-order valence-electron chi connectivity index (χ4n) is 3.24. The maximum Gasteiger partial charge on any atom is 0.306 e. The number of carbonyl (C=O) groups excluding carboxylic acids is 2. The SMILES string of the molecule is CCCOC(=O)CCCCCCCCC(=O)OC(CC)CCC(CC)CC. The summed E-state index contributed by atoms with van der Waals surface area (Å²) in [5.41, 5.74) is 0. The summed E-state index contributed by atoms with van der Waals surface area (Å²) < 4.78 is 10.7. The first-order valence-corrected chi connectivity index (χ1v) is 11.4. The number of esters is 2. The van der Waals surface area contributed by atoms with Gasteiger partial charge in [0.05, 0.1) is 6.61 Å². The van der Waals surface area contributed by atoms with E-state index in [1.54, 1.807) is 0 Å². The molecule has 0 aliphatic carbocycles. The third-order valence-corrected chi connectivity index (χ3v) is 5.28. The highest BCUT2D eigenvalue weighted by molar-refractivity contribution is 5.69. The minimum atomic E-state index is -0.0748. The van der Waals surface area contributed by atoms with Crippen LogP contribution in [0.25, 0.3) is 0 Å². The Bertz CT molecular complexity index is 363. The molecular formula is C23H44O4. The Morgan fingerprint density at radius 1 is 0.704 bits per heavy atom. The highest BCUT2D eigenvalue weighted by Gasteiger charge is 2.14. The van der Waals surface area contributed by atoms with Crippen molar-refractivity contribution in [3.63, 3.8) is 0 Å². The van der Waals surface area contributed by atoms with E-state index >= 15 is 0 Å². The molecule has 27 heavy (non-hydrogen) atoms. The summed E-state index contributed by atoms with van der Waals surface area (Å²) in [5.74, 6) is 0.644. The highest BCUT2D eigenvalue weighted by atomic mass is 16.5. The Labute approximate surface area is 167 Å². The second-order valence-corrected chi connectivity index (χ2v) is 7.62. The number of rotatable bonds is 18. The Morgan fingerprint density at radius 2 is 1.26 bits per heavy atom. The zero-order chi connectivity index (χ0) is 20.3. The lowest BCUT2D eigenvalue weighted by atomic mass is 9.95. The van der Waals surface area contributed by atoms with Crippen molar-refractivity contribution in [3.05, 3.63) is 0 Å². The zero-order valence-corrected chi connectivity index (χ0v) is 18.4. The Morgan fingerprint density at radius 3 is 1.78 bits per heavy atom. The van der Waals surface area contributed by atoms with E-state index in [0.717, 1.165) is 70.1 Å². The van der Waals surface area contributed by atoms with Gasteiger partial charge in [0.25, 0.3) is 0 Å². The second kappa shape index (κ2) is 18.3. The van der Waals surface area contributed by atoms with Gasteiger partial charge in [0.2, 0.25) is 0 Å². The lowest BCUT2D eigenvalue weighted by Gasteiger charge is -2.19. The monoisotopic (exact) mass is 384 g/mol. The van der Waals surface area contributed by atoms with Crippen LogP contribution in [0.5, 0.6) is 0 Å². The van der Waals surface area contributed by atoms with Crippen LogP contribution in [0.4, 0.5) is 0 Å². The van der Waals surface area contributed by atoms with Crippen LogP contribution in [0.15, 0.2) is 0 Å². The van der Waals surface area contributed by atoms with E-state index in [-0.39, 0.29) is 18.0 Å². The lowest BCUT2D eigenvalue weighted by Crippen LogP contribution is -2.18. The maximum atomic E-state index is 12.0. The van der Waals surface area contributed by atoms with Crippen molar-refractivity contribution in [1.82, 2.24) is 0 Å². The van der Waals surface area contributed by atoms with Crippen LogP contribution in [0.3, 0.4) is 0 Å². The molecule has 0 N–H and O–H groups in total. The van der Waals surface area contributed by atoms with E-state index in [2.05, 4.69) is 20.8 Å². The molecule has 0 rings (SSSR count). The lowest BCUT2D eigenvalue weighted by molar-refractivity contribution is -0.150. The minimum Gasteiger partial charge on any atom is -0.466 e. The van der Waals surface area contributed by atoms with Crippen molar-refractivity contribution >= 4 is 11.9 Å². The molecule has 0 saturated carbocycles. The topological polar surface area (TPSA) is 52.6 Å². The van der Waals surface area contributed by atoms with E-state index in [4.69, 9.17) is 9.47 Å². The fraction of sp³-hybridized carbons (Fsp3) is 0.913. The van der Waals surface area contributed by atoms with E-state index in [0.29, 0.717) is 19.4 Å². The summed E-state index contributed by atoms with van der Waals surface area (Å²) in [5, 5.41) is 0. The van der Waals surface area contributed by atoms with Crippen LogP contribution in [-0.4, -0.2) is 24.6 Å². The Balaban J connectivity index is 3.62. The van der Waals surface area contributed by atoms with Crippen LogP contribution in [0.1, 0.15) is 118 Å². The number of hydrogen-bond donors (Lipinski definition) is 0. The molecule has 0 bridgehead atoms. The quantitative estimate of drug-likeness (QED) is 0.197. The number of unbranched alkanes of at least 4 members (excludes halogenated alkanes) is 5. The smallest absolute Gasteiger partial charge is 0.306 e. The molecule has 0 aromatic heterocycles. The molecule has 1 unspecified atom stereocenters. The summed E-state index contributed by atoms with van der Waals surface area (Å²) in [4.78, 5) is 23.4. The first-order chi connectivity index (χ1) is 13.1. The van der Waals surface area contributed by atoms with Crippen LogP contribution in [0, 0.1) is 5.92 Å². The predicted molar refractivity (Wildman–Crippen MR) is 112 cm³/mol. The number of hydrogen-bond acceptors (Lipinski definition) is 4. The van der Waals surface area contributed by atoms with Crippen molar-refractivity contribution in [2.75, 3.05) is 6.61 Å². The van der Waals surface area contributed by atoms with Gasteiger partial charge in [0, 0.05) is 12.8 Å². The van der Waals surface area contributed by atoms with Crippen LogP contribution >= 0.6 is 0 Å². The third-order valence-electron chi connectivity index (χ3n) is 5.28. The van der Waals surface area contributed by atoms with E-state index in [1.807, 2.05) is 6.92 Å². The third kappa shape index (κ3) is 15.7. The second-order valence-electron chi connectivity index (χ2n) is 7.62. The van der Waals surface area contributed by atoms with Crippen molar-refractivity contribution < 1.29 is 19.1 Å². The van der Waals surface area contributed by atoms with Gasteiger partial charge < -0.3 is 9.47 Å². The molecule has 160 valence electrons. The molecule has 0 fully saturated rings. The van der Waals surface area contributed by atoms with Gasteiger partial charge >= 0.3 is 11.9 Å². The van der Waals surface area contributed by atoms with Gasteiger partial charge in [-0.3, -0.25) is 9.59 Å². The first-order valence-electron chi connectivity index (χ1n) is 11.4. The molecule has 0 spiro atoms. The molecule has 0 heterocycles. The van der Waals surface area contributed by atoms with Gasteiger partial charge in [-0.25, -0.2) is 0 Å². The summed E-state index contributed by atoms with van der Waals surface area (Å²) in [6.07, 6.45) is 13.7. The number of carbonyl (C=O) groups is 2. The molecule has 0 aliphatic heterocycles. The van der Waals surface area contributed by atoms with Gasteiger partial charge in [-0.15, -0.1) is 0 Å². The van der Waals surface area contributed by atoms with E-state index < -0.39 is 0 Å². The molecule has 1 atom stereocenters. The molecule has 0 aromatic carbocycles. The fourth-order valence-corrected chi connectivity index (χ4v) is 3.24. The van der Waals surface area contributed by atoms with E-state index in [1.165, 1.54) is 12.8 Å². The average Bonchev–Trinajstić information content (AvgIpc) is 2.68.